The van der Waals surface area contributed by atoms with Gasteiger partial charge in [-0.2, -0.15) is 0 Å². The van der Waals surface area contributed by atoms with Gasteiger partial charge in [0.05, 0.1) is 27.9 Å². The summed E-state index contributed by atoms with van der Waals surface area (Å²) in [7, 11) is 4.58. The van der Waals surface area contributed by atoms with Gasteiger partial charge >= 0.3 is 5.97 Å². The minimum Gasteiger partial charge on any atom is -0.496 e. The maximum Gasteiger partial charge on any atom is 0.323 e. The molecule has 8 nitrogen and oxygen atoms in total. The van der Waals surface area contributed by atoms with Crippen molar-refractivity contribution in [1.82, 2.24) is 5.32 Å². The van der Waals surface area contributed by atoms with Crippen LogP contribution in [-0.4, -0.2) is 51.4 Å². The van der Waals surface area contributed by atoms with Gasteiger partial charge in [-0.3, -0.25) is 9.59 Å². The van der Waals surface area contributed by atoms with Crippen molar-refractivity contribution >= 4 is 17.6 Å². The minimum atomic E-state index is -1.02. The van der Waals surface area contributed by atoms with E-state index in [0.717, 1.165) is 0 Å². The summed E-state index contributed by atoms with van der Waals surface area (Å²) in [5.41, 5.74) is 1.36. The highest BCUT2D eigenvalue weighted by Gasteiger charge is 2.16. The quantitative estimate of drug-likeness (QED) is 0.642. The fourth-order valence-corrected chi connectivity index (χ4v) is 2.69. The van der Waals surface area contributed by atoms with Gasteiger partial charge in [-0.1, -0.05) is 18.2 Å². The number of rotatable bonds is 10. The maximum atomic E-state index is 12.4. The van der Waals surface area contributed by atoms with Crippen LogP contribution in [0.25, 0.3) is 0 Å². The predicted octanol–water partition coefficient (Wildman–Crippen LogP) is 1.92. The van der Waals surface area contributed by atoms with Gasteiger partial charge in [-0.25, -0.2) is 0 Å². The van der Waals surface area contributed by atoms with Gasteiger partial charge in [-0.15, -0.1) is 0 Å². The largest absolute Gasteiger partial charge is 0.496 e. The molecule has 0 fully saturated rings. The molecule has 0 aliphatic rings. The zero-order valence-electron chi connectivity index (χ0n) is 16.1. The number of carbonyl (C=O) groups is 2. The van der Waals surface area contributed by atoms with Crippen molar-refractivity contribution in [2.45, 2.75) is 6.54 Å². The molecule has 0 saturated heterocycles. The van der Waals surface area contributed by atoms with Crippen molar-refractivity contribution in [2.24, 2.45) is 0 Å². The molecule has 0 radical (unpaired) electrons. The first-order chi connectivity index (χ1) is 13.5. The Bertz CT molecular complexity index is 810. The summed E-state index contributed by atoms with van der Waals surface area (Å²) in [4.78, 5) is 25.0. The monoisotopic (exact) mass is 388 g/mol. The molecule has 150 valence electrons. The Kier molecular flexibility index (Phi) is 7.50. The van der Waals surface area contributed by atoms with Crippen molar-refractivity contribution in [1.29, 1.82) is 0 Å². The number of methoxy groups -OCH3 is 3. The van der Waals surface area contributed by atoms with Crippen molar-refractivity contribution in [2.75, 3.05) is 39.3 Å². The van der Waals surface area contributed by atoms with Crippen LogP contribution in [0, 0.1) is 0 Å². The van der Waals surface area contributed by atoms with Crippen molar-refractivity contribution < 1.29 is 28.9 Å². The zero-order chi connectivity index (χ0) is 20.5. The Labute approximate surface area is 163 Å². The number of carboxylic acid groups (broad SMARTS) is 1. The zero-order valence-corrected chi connectivity index (χ0v) is 16.1. The third-order valence-electron chi connectivity index (χ3n) is 4.04. The Morgan fingerprint density at radius 1 is 0.929 bits per heavy atom. The third kappa shape index (κ3) is 5.54. The number of hydrogen-bond donors (Lipinski definition) is 2. The number of anilines is 1. The second-order valence-electron chi connectivity index (χ2n) is 5.88. The normalized spacial score (nSPS) is 10.1. The summed E-state index contributed by atoms with van der Waals surface area (Å²) in [6.07, 6.45) is 0. The summed E-state index contributed by atoms with van der Waals surface area (Å²) in [5.74, 6) is 0.249. The van der Waals surface area contributed by atoms with E-state index in [1.165, 1.54) is 26.2 Å². The summed E-state index contributed by atoms with van der Waals surface area (Å²) < 4.78 is 15.9. The van der Waals surface area contributed by atoms with E-state index in [4.69, 9.17) is 19.3 Å². The van der Waals surface area contributed by atoms with E-state index < -0.39 is 5.97 Å². The Hall–Kier alpha value is -3.42. The number of carboxylic acids is 1. The molecule has 8 heteroatoms. The molecule has 2 aromatic rings. The molecule has 0 aliphatic carbocycles. The fourth-order valence-electron chi connectivity index (χ4n) is 2.69. The van der Waals surface area contributed by atoms with Gasteiger partial charge in [0.2, 0.25) is 5.91 Å². The highest BCUT2D eigenvalue weighted by atomic mass is 16.5. The number of aliphatic carboxylic acids is 1. The highest BCUT2D eigenvalue weighted by molar-refractivity contribution is 5.84. The number of nitrogens with one attached hydrogen (secondary N) is 1. The van der Waals surface area contributed by atoms with Crippen LogP contribution >= 0.6 is 0 Å². The number of carbonyl (C=O) groups excluding carboxylic acids is 1. The van der Waals surface area contributed by atoms with Crippen LogP contribution in [0.3, 0.4) is 0 Å². The lowest BCUT2D eigenvalue weighted by molar-refractivity contribution is -0.135. The SMILES string of the molecule is COc1cc(OC)c(OC)cc1CNC(=O)CN(CC(=O)O)c1ccccc1. The van der Waals surface area contributed by atoms with Gasteiger partial charge in [0.25, 0.3) is 0 Å². The smallest absolute Gasteiger partial charge is 0.323 e. The first-order valence-corrected chi connectivity index (χ1v) is 8.55. The summed E-state index contributed by atoms with van der Waals surface area (Å²) in [6, 6.07) is 12.3. The van der Waals surface area contributed by atoms with E-state index in [9.17, 15) is 9.59 Å². The number of amides is 1. The molecule has 0 bridgehead atoms. The molecule has 2 N–H and O–H groups in total. The van der Waals surface area contributed by atoms with Crippen molar-refractivity contribution in [3.63, 3.8) is 0 Å². The molecular formula is C20H24N2O6. The second kappa shape index (κ2) is 10.1. The Balaban J connectivity index is 2.09. The number of ether oxygens (including phenoxy) is 3. The molecule has 0 atom stereocenters. The third-order valence-corrected chi connectivity index (χ3v) is 4.04. The van der Waals surface area contributed by atoms with E-state index in [-0.39, 0.29) is 25.5 Å². The second-order valence-corrected chi connectivity index (χ2v) is 5.88. The minimum absolute atomic E-state index is 0.0914. The van der Waals surface area contributed by atoms with Crippen molar-refractivity contribution in [3.05, 3.63) is 48.0 Å². The molecule has 2 rings (SSSR count). The van der Waals surface area contributed by atoms with Crippen LogP contribution in [0.1, 0.15) is 5.56 Å². The van der Waals surface area contributed by atoms with Crippen LogP contribution < -0.4 is 24.4 Å². The maximum absolute atomic E-state index is 12.4. The average Bonchev–Trinajstić information content (AvgIpc) is 2.71. The van der Waals surface area contributed by atoms with E-state index in [1.807, 2.05) is 6.07 Å². The molecular weight excluding hydrogens is 364 g/mol. The Morgan fingerprint density at radius 3 is 2.11 bits per heavy atom. The molecule has 0 aromatic heterocycles. The summed E-state index contributed by atoms with van der Waals surface area (Å²) in [6.45, 7) is -0.179. The molecule has 0 spiro atoms. The van der Waals surface area contributed by atoms with Gasteiger partial charge in [0.1, 0.15) is 12.3 Å². The van der Waals surface area contributed by atoms with Gasteiger partial charge in [0.15, 0.2) is 11.5 Å². The van der Waals surface area contributed by atoms with E-state index >= 15 is 0 Å². The lowest BCUT2D eigenvalue weighted by atomic mass is 10.1. The van der Waals surface area contributed by atoms with Crippen LogP contribution in [0.15, 0.2) is 42.5 Å². The predicted molar refractivity (Wildman–Crippen MR) is 104 cm³/mol. The molecule has 2 aromatic carbocycles. The Morgan fingerprint density at radius 2 is 1.54 bits per heavy atom. The standard InChI is InChI=1S/C20H24N2O6/c1-26-16-10-18(28-3)17(27-2)9-14(16)11-21-19(23)12-22(13-20(24)25)15-7-5-4-6-8-15/h4-10H,11-13H2,1-3H3,(H,21,23)(H,24,25). The fraction of sp³-hybridized carbons (Fsp3) is 0.300. The molecule has 0 saturated carbocycles. The molecule has 0 heterocycles. The van der Waals surface area contributed by atoms with E-state index in [2.05, 4.69) is 5.32 Å². The van der Waals surface area contributed by atoms with Crippen LogP contribution in [0.4, 0.5) is 5.69 Å². The lowest BCUT2D eigenvalue weighted by Crippen LogP contribution is -2.39. The lowest BCUT2D eigenvalue weighted by Gasteiger charge is -2.22. The summed E-state index contributed by atoms with van der Waals surface area (Å²) >= 11 is 0. The molecule has 0 unspecified atom stereocenters. The van der Waals surface area contributed by atoms with Gasteiger partial charge < -0.3 is 29.5 Å². The van der Waals surface area contributed by atoms with E-state index in [1.54, 1.807) is 36.4 Å². The molecule has 0 aliphatic heterocycles. The number of nitrogens with zero attached hydrogens (tertiary/aromatic N) is 1. The number of benzene rings is 2. The average molecular weight is 388 g/mol. The van der Waals surface area contributed by atoms with Crippen molar-refractivity contribution in [3.8, 4) is 17.2 Å². The van der Waals surface area contributed by atoms with Crippen LogP contribution in [0.5, 0.6) is 17.2 Å². The number of hydrogen-bond acceptors (Lipinski definition) is 6. The first-order valence-electron chi connectivity index (χ1n) is 8.55. The van der Waals surface area contributed by atoms with E-state index in [0.29, 0.717) is 28.5 Å². The van der Waals surface area contributed by atoms with Gasteiger partial charge in [0, 0.05) is 23.9 Å². The first kappa shape index (κ1) is 20.9. The number of para-hydroxylation sites is 1. The highest BCUT2D eigenvalue weighted by Crippen LogP contribution is 2.34. The van der Waals surface area contributed by atoms with Gasteiger partial charge in [-0.05, 0) is 18.2 Å². The van der Waals surface area contributed by atoms with Crippen LogP contribution in [0.2, 0.25) is 0 Å². The summed E-state index contributed by atoms with van der Waals surface area (Å²) in [5, 5.41) is 11.9. The topological polar surface area (TPSA) is 97.3 Å². The molecule has 28 heavy (non-hydrogen) atoms. The van der Waals surface area contributed by atoms with Crippen LogP contribution in [-0.2, 0) is 16.1 Å². The molecule has 1 amide bonds.